The van der Waals surface area contributed by atoms with Gasteiger partial charge in [-0.3, -0.25) is 9.78 Å². The molecule has 1 aromatic rings. The molecule has 0 aliphatic rings. The molecule has 1 aromatic heterocycles. The number of amides is 1. The van der Waals surface area contributed by atoms with E-state index in [1.165, 1.54) is 0 Å². The lowest BCUT2D eigenvalue weighted by Crippen LogP contribution is -2.32. The van der Waals surface area contributed by atoms with Crippen LogP contribution in [0.25, 0.3) is 0 Å². The molecule has 0 aliphatic carbocycles. The maximum absolute atomic E-state index is 11.9. The molecule has 1 amide bonds. The molecule has 4 nitrogen and oxygen atoms in total. The Labute approximate surface area is 103 Å². The molecule has 0 aromatic carbocycles. The topological polar surface area (TPSA) is 59.2 Å². The quantitative estimate of drug-likeness (QED) is 0.845. The van der Waals surface area contributed by atoms with Gasteiger partial charge in [0.15, 0.2) is 0 Å². The van der Waals surface area contributed by atoms with Crippen LogP contribution in [0.15, 0.2) is 18.3 Å². The monoisotopic (exact) mass is 235 g/mol. The molecule has 1 rings (SSSR count). The van der Waals surface area contributed by atoms with Crippen LogP contribution in [-0.2, 0) is 11.2 Å². The number of rotatable bonds is 5. The van der Waals surface area contributed by atoms with Gasteiger partial charge >= 0.3 is 0 Å². The average Bonchev–Trinajstić information content (AvgIpc) is 2.31. The highest BCUT2D eigenvalue weighted by Crippen LogP contribution is 2.06. The first-order valence-corrected chi connectivity index (χ1v) is 5.97. The number of carbonyl (C=O) groups excluding carboxylic acids is 1. The molecule has 0 aliphatic heterocycles. The number of hydrogen-bond donors (Lipinski definition) is 1. The summed E-state index contributed by atoms with van der Waals surface area (Å²) in [6.45, 7) is 5.07. The minimum absolute atomic E-state index is 0.0996. The third-order valence-corrected chi connectivity index (χ3v) is 2.89. The Morgan fingerprint density at radius 1 is 1.53 bits per heavy atom. The van der Waals surface area contributed by atoms with Crippen molar-refractivity contribution in [2.45, 2.75) is 26.7 Å². The Bertz CT molecular complexity index is 361. The fraction of sp³-hybridized carbons (Fsp3) is 0.538. The van der Waals surface area contributed by atoms with E-state index in [0.717, 1.165) is 18.7 Å². The second-order valence-corrected chi connectivity index (χ2v) is 4.55. The molecule has 17 heavy (non-hydrogen) atoms. The van der Waals surface area contributed by atoms with Crippen LogP contribution in [0, 0.1) is 5.92 Å². The summed E-state index contributed by atoms with van der Waals surface area (Å²) >= 11 is 0. The van der Waals surface area contributed by atoms with Gasteiger partial charge in [0.05, 0.1) is 18.3 Å². The molecular formula is C13H21N3O. The second-order valence-electron chi connectivity index (χ2n) is 4.55. The van der Waals surface area contributed by atoms with Gasteiger partial charge in [-0.25, -0.2) is 0 Å². The summed E-state index contributed by atoms with van der Waals surface area (Å²) in [7, 11) is 1.84. The van der Waals surface area contributed by atoms with E-state index in [1.807, 2.05) is 7.05 Å². The molecule has 4 heteroatoms. The van der Waals surface area contributed by atoms with Gasteiger partial charge < -0.3 is 10.6 Å². The summed E-state index contributed by atoms with van der Waals surface area (Å²) in [4.78, 5) is 17.8. The maximum Gasteiger partial charge on any atom is 0.228 e. The van der Waals surface area contributed by atoms with Crippen LogP contribution in [-0.4, -0.2) is 29.4 Å². The number of nitrogen functional groups attached to an aromatic ring is 1. The lowest BCUT2D eigenvalue weighted by Gasteiger charge is -2.20. The highest BCUT2D eigenvalue weighted by molar-refractivity contribution is 5.78. The fourth-order valence-corrected chi connectivity index (χ4v) is 1.53. The van der Waals surface area contributed by atoms with E-state index in [9.17, 15) is 4.79 Å². The summed E-state index contributed by atoms with van der Waals surface area (Å²) in [5, 5.41) is 0. The van der Waals surface area contributed by atoms with Gasteiger partial charge in [0.2, 0.25) is 5.91 Å². The lowest BCUT2D eigenvalue weighted by molar-refractivity contribution is -0.129. The SMILES string of the molecule is CCC(C)CN(C)C(=O)Cc1ccc(N)cn1. The summed E-state index contributed by atoms with van der Waals surface area (Å²) in [6.07, 6.45) is 3.00. The Morgan fingerprint density at radius 3 is 2.76 bits per heavy atom. The van der Waals surface area contributed by atoms with E-state index in [4.69, 9.17) is 5.73 Å². The Hall–Kier alpha value is -1.58. The molecule has 0 fully saturated rings. The lowest BCUT2D eigenvalue weighted by atomic mass is 10.1. The Morgan fingerprint density at radius 2 is 2.24 bits per heavy atom. The number of anilines is 1. The van der Waals surface area contributed by atoms with Crippen molar-refractivity contribution in [3.8, 4) is 0 Å². The van der Waals surface area contributed by atoms with E-state index >= 15 is 0 Å². The molecule has 1 heterocycles. The van der Waals surface area contributed by atoms with Crippen molar-refractivity contribution in [3.63, 3.8) is 0 Å². The summed E-state index contributed by atoms with van der Waals surface area (Å²) in [6, 6.07) is 3.56. The highest BCUT2D eigenvalue weighted by Gasteiger charge is 2.12. The molecule has 1 unspecified atom stereocenters. The zero-order chi connectivity index (χ0) is 12.8. The largest absolute Gasteiger partial charge is 0.397 e. The average molecular weight is 235 g/mol. The second kappa shape index (κ2) is 6.23. The normalized spacial score (nSPS) is 12.2. The Balaban J connectivity index is 2.51. The standard InChI is InChI=1S/C13H21N3O/c1-4-10(2)9-16(3)13(17)7-12-6-5-11(14)8-15-12/h5-6,8,10H,4,7,9,14H2,1-3H3. The van der Waals surface area contributed by atoms with Gasteiger partial charge in [0, 0.05) is 19.3 Å². The van der Waals surface area contributed by atoms with Crippen LogP contribution in [0.2, 0.25) is 0 Å². The molecule has 1 atom stereocenters. The van der Waals surface area contributed by atoms with E-state index in [2.05, 4.69) is 18.8 Å². The maximum atomic E-state index is 11.9. The van der Waals surface area contributed by atoms with Gasteiger partial charge in [-0.15, -0.1) is 0 Å². The summed E-state index contributed by atoms with van der Waals surface area (Å²) < 4.78 is 0. The van der Waals surface area contributed by atoms with Crippen LogP contribution in [0.4, 0.5) is 5.69 Å². The number of carbonyl (C=O) groups is 1. The van der Waals surface area contributed by atoms with Crippen LogP contribution < -0.4 is 5.73 Å². The predicted octanol–water partition coefficient (Wildman–Crippen LogP) is 1.71. The van der Waals surface area contributed by atoms with Crippen molar-refractivity contribution in [1.29, 1.82) is 0 Å². The summed E-state index contributed by atoms with van der Waals surface area (Å²) in [5.41, 5.74) is 6.93. The minimum atomic E-state index is 0.0996. The third kappa shape index (κ3) is 4.43. The van der Waals surface area contributed by atoms with Crippen molar-refractivity contribution in [3.05, 3.63) is 24.0 Å². The zero-order valence-corrected chi connectivity index (χ0v) is 10.8. The van der Waals surface area contributed by atoms with Crippen LogP contribution in [0.1, 0.15) is 26.0 Å². The number of pyridine rings is 1. The number of aromatic nitrogens is 1. The van der Waals surface area contributed by atoms with E-state index in [0.29, 0.717) is 18.0 Å². The van der Waals surface area contributed by atoms with Crippen LogP contribution >= 0.6 is 0 Å². The van der Waals surface area contributed by atoms with E-state index < -0.39 is 0 Å². The summed E-state index contributed by atoms with van der Waals surface area (Å²) in [5.74, 6) is 0.630. The van der Waals surface area contributed by atoms with Gasteiger partial charge in [0.1, 0.15) is 0 Å². The van der Waals surface area contributed by atoms with Gasteiger partial charge in [-0.1, -0.05) is 20.3 Å². The number of nitrogens with zero attached hydrogens (tertiary/aromatic N) is 2. The van der Waals surface area contributed by atoms with Crippen molar-refractivity contribution >= 4 is 11.6 Å². The van der Waals surface area contributed by atoms with Gasteiger partial charge in [-0.2, -0.15) is 0 Å². The molecule has 0 spiro atoms. The van der Waals surface area contributed by atoms with Crippen molar-refractivity contribution < 1.29 is 4.79 Å². The van der Waals surface area contributed by atoms with Crippen LogP contribution in [0.5, 0.6) is 0 Å². The predicted molar refractivity (Wildman–Crippen MR) is 69.4 cm³/mol. The molecule has 0 radical (unpaired) electrons. The number of likely N-dealkylation sites (N-methyl/N-ethyl adjacent to an activating group) is 1. The molecular weight excluding hydrogens is 214 g/mol. The van der Waals surface area contributed by atoms with E-state index in [-0.39, 0.29) is 5.91 Å². The van der Waals surface area contributed by atoms with Crippen LogP contribution in [0.3, 0.4) is 0 Å². The fourth-order valence-electron chi connectivity index (χ4n) is 1.53. The van der Waals surface area contributed by atoms with Gasteiger partial charge in [-0.05, 0) is 18.1 Å². The highest BCUT2D eigenvalue weighted by atomic mass is 16.2. The van der Waals surface area contributed by atoms with Crippen molar-refractivity contribution in [2.75, 3.05) is 19.3 Å². The smallest absolute Gasteiger partial charge is 0.228 e. The van der Waals surface area contributed by atoms with E-state index in [1.54, 1.807) is 23.2 Å². The van der Waals surface area contributed by atoms with Gasteiger partial charge in [0.25, 0.3) is 0 Å². The first-order valence-electron chi connectivity index (χ1n) is 5.97. The zero-order valence-electron chi connectivity index (χ0n) is 10.8. The van der Waals surface area contributed by atoms with Crippen molar-refractivity contribution in [1.82, 2.24) is 9.88 Å². The molecule has 94 valence electrons. The number of hydrogen-bond acceptors (Lipinski definition) is 3. The molecule has 0 saturated carbocycles. The minimum Gasteiger partial charge on any atom is -0.397 e. The van der Waals surface area contributed by atoms with Crippen molar-refractivity contribution in [2.24, 2.45) is 5.92 Å². The number of nitrogens with two attached hydrogens (primary N) is 1. The Kier molecular flexibility index (Phi) is 4.94. The molecule has 2 N–H and O–H groups in total. The molecule has 0 saturated heterocycles. The first-order chi connectivity index (χ1) is 8.02. The molecule has 0 bridgehead atoms. The first kappa shape index (κ1) is 13.5. The third-order valence-electron chi connectivity index (χ3n) is 2.89.